The van der Waals surface area contributed by atoms with Crippen molar-refractivity contribution in [1.29, 1.82) is 0 Å². The summed E-state index contributed by atoms with van der Waals surface area (Å²) in [4.78, 5) is 12.3. The highest BCUT2D eigenvalue weighted by molar-refractivity contribution is 7.88. The van der Waals surface area contributed by atoms with E-state index in [2.05, 4.69) is 5.32 Å². The molecule has 0 bridgehead atoms. The van der Waals surface area contributed by atoms with Gasteiger partial charge in [-0.05, 0) is 24.3 Å². The largest absolute Gasteiger partial charge is 0.491 e. The molecule has 2 aromatic carbocycles. The van der Waals surface area contributed by atoms with Crippen molar-refractivity contribution in [3.63, 3.8) is 0 Å². The fourth-order valence-electron chi connectivity index (χ4n) is 3.26. The van der Waals surface area contributed by atoms with E-state index in [1.54, 1.807) is 0 Å². The van der Waals surface area contributed by atoms with Gasteiger partial charge in [0.05, 0.1) is 18.7 Å². The quantitative estimate of drug-likeness (QED) is 0.783. The maximum atomic E-state index is 12.3. The van der Waals surface area contributed by atoms with E-state index in [0.29, 0.717) is 32.5 Å². The molecular weight excluding hydrogens is 352 g/mol. The zero-order valence-corrected chi connectivity index (χ0v) is 15.7. The van der Waals surface area contributed by atoms with E-state index in [9.17, 15) is 13.2 Å². The van der Waals surface area contributed by atoms with Gasteiger partial charge in [0.15, 0.2) is 0 Å². The number of benzene rings is 2. The number of hydrogen-bond donors (Lipinski definition) is 1. The Kier molecular flexibility index (Phi) is 5.78. The number of carbonyl (C=O) groups is 1. The molecule has 1 aliphatic rings. The fraction of sp³-hybridized carbons (Fsp3) is 0.421. The number of carbonyl (C=O) groups excluding carboxylic acids is 1. The van der Waals surface area contributed by atoms with Crippen LogP contribution in [0, 0.1) is 5.92 Å². The second-order valence-corrected chi connectivity index (χ2v) is 8.56. The molecule has 0 spiro atoms. The predicted molar refractivity (Wildman–Crippen MR) is 102 cm³/mol. The first-order valence-corrected chi connectivity index (χ1v) is 10.6. The first-order chi connectivity index (χ1) is 12.4. The first-order valence-electron chi connectivity index (χ1n) is 8.78. The number of ether oxygens (including phenoxy) is 1. The minimum atomic E-state index is -3.25. The van der Waals surface area contributed by atoms with Crippen LogP contribution in [0.1, 0.15) is 12.8 Å². The van der Waals surface area contributed by atoms with Crippen LogP contribution in [0.15, 0.2) is 42.5 Å². The second-order valence-electron chi connectivity index (χ2n) is 6.58. The van der Waals surface area contributed by atoms with Gasteiger partial charge in [0.25, 0.3) is 0 Å². The molecule has 26 heavy (non-hydrogen) atoms. The van der Waals surface area contributed by atoms with Crippen molar-refractivity contribution in [2.24, 2.45) is 5.92 Å². The zero-order chi connectivity index (χ0) is 18.6. The Balaban J connectivity index is 1.49. The van der Waals surface area contributed by atoms with Crippen LogP contribution in [0.25, 0.3) is 10.8 Å². The Morgan fingerprint density at radius 2 is 2.00 bits per heavy atom. The standard InChI is InChI=1S/C19H24N2O4S/c1-26(23,24)21-12-5-8-16(14-21)19(22)20-11-13-25-18-10-4-7-15-6-2-3-9-17(15)18/h2-4,6-7,9-10,16H,5,8,11-14H2,1H3,(H,20,22)/t16-/m1/s1. The minimum absolute atomic E-state index is 0.111. The molecule has 1 aliphatic heterocycles. The third-order valence-electron chi connectivity index (χ3n) is 4.63. The van der Waals surface area contributed by atoms with Crippen LogP contribution in [0.3, 0.4) is 0 Å². The van der Waals surface area contributed by atoms with Gasteiger partial charge in [-0.15, -0.1) is 0 Å². The van der Waals surface area contributed by atoms with Gasteiger partial charge in [0, 0.05) is 18.5 Å². The Bertz CT molecular complexity index is 877. The van der Waals surface area contributed by atoms with Crippen molar-refractivity contribution >= 4 is 26.7 Å². The van der Waals surface area contributed by atoms with Gasteiger partial charge in [-0.1, -0.05) is 36.4 Å². The summed E-state index contributed by atoms with van der Waals surface area (Å²) in [5, 5.41) is 5.00. The lowest BCUT2D eigenvalue weighted by molar-refractivity contribution is -0.126. The van der Waals surface area contributed by atoms with E-state index < -0.39 is 10.0 Å². The van der Waals surface area contributed by atoms with E-state index in [-0.39, 0.29) is 18.4 Å². The summed E-state index contributed by atoms with van der Waals surface area (Å²) in [7, 11) is -3.25. The molecule has 6 nitrogen and oxygen atoms in total. The molecule has 1 fully saturated rings. The van der Waals surface area contributed by atoms with Crippen molar-refractivity contribution in [3.05, 3.63) is 42.5 Å². The Morgan fingerprint density at radius 1 is 1.23 bits per heavy atom. The molecule has 0 unspecified atom stereocenters. The van der Waals surface area contributed by atoms with Crippen molar-refractivity contribution in [2.75, 3.05) is 32.5 Å². The highest BCUT2D eigenvalue weighted by Gasteiger charge is 2.29. The molecule has 2 aromatic rings. The first kappa shape index (κ1) is 18.7. The van der Waals surface area contributed by atoms with Crippen molar-refractivity contribution in [1.82, 2.24) is 9.62 Å². The molecule has 1 saturated heterocycles. The van der Waals surface area contributed by atoms with Gasteiger partial charge in [0.2, 0.25) is 15.9 Å². The summed E-state index contributed by atoms with van der Waals surface area (Å²) in [5.41, 5.74) is 0. The number of nitrogens with zero attached hydrogens (tertiary/aromatic N) is 1. The molecule has 140 valence electrons. The maximum absolute atomic E-state index is 12.3. The lowest BCUT2D eigenvalue weighted by atomic mass is 9.99. The average Bonchev–Trinajstić information content (AvgIpc) is 2.64. The van der Waals surface area contributed by atoms with E-state index in [1.165, 1.54) is 10.6 Å². The summed E-state index contributed by atoms with van der Waals surface area (Å²) in [5.74, 6) is 0.383. The van der Waals surface area contributed by atoms with Gasteiger partial charge in [0.1, 0.15) is 12.4 Å². The number of rotatable bonds is 6. The number of sulfonamides is 1. The number of nitrogens with one attached hydrogen (secondary N) is 1. The molecule has 7 heteroatoms. The number of fused-ring (bicyclic) bond motifs is 1. The normalized spacial score (nSPS) is 18.6. The van der Waals surface area contributed by atoms with Gasteiger partial charge < -0.3 is 10.1 Å². The Morgan fingerprint density at radius 3 is 2.81 bits per heavy atom. The van der Waals surface area contributed by atoms with Crippen LogP contribution >= 0.6 is 0 Å². The fourth-order valence-corrected chi connectivity index (χ4v) is 4.17. The molecule has 0 aliphatic carbocycles. The molecule has 1 amide bonds. The zero-order valence-electron chi connectivity index (χ0n) is 14.8. The molecule has 1 heterocycles. The monoisotopic (exact) mass is 376 g/mol. The number of piperidine rings is 1. The lowest BCUT2D eigenvalue weighted by Crippen LogP contribution is -2.45. The molecule has 0 saturated carbocycles. The van der Waals surface area contributed by atoms with Crippen LogP contribution < -0.4 is 10.1 Å². The predicted octanol–water partition coefficient (Wildman–Crippen LogP) is 2.01. The van der Waals surface area contributed by atoms with E-state index in [1.807, 2.05) is 42.5 Å². The average molecular weight is 376 g/mol. The van der Waals surface area contributed by atoms with Crippen molar-refractivity contribution < 1.29 is 17.9 Å². The third kappa shape index (κ3) is 4.53. The highest BCUT2D eigenvalue weighted by atomic mass is 32.2. The lowest BCUT2D eigenvalue weighted by Gasteiger charge is -2.30. The molecular formula is C19H24N2O4S. The second kappa shape index (κ2) is 8.05. The van der Waals surface area contributed by atoms with Gasteiger partial charge in [-0.3, -0.25) is 4.79 Å². The van der Waals surface area contributed by atoms with Crippen LogP contribution in [0.4, 0.5) is 0 Å². The Hall–Kier alpha value is -2.12. The van der Waals surface area contributed by atoms with E-state index in [0.717, 1.165) is 16.5 Å². The minimum Gasteiger partial charge on any atom is -0.491 e. The van der Waals surface area contributed by atoms with Crippen LogP contribution in [-0.2, 0) is 14.8 Å². The van der Waals surface area contributed by atoms with Crippen molar-refractivity contribution in [2.45, 2.75) is 12.8 Å². The van der Waals surface area contributed by atoms with Gasteiger partial charge >= 0.3 is 0 Å². The molecule has 0 radical (unpaired) electrons. The molecule has 3 rings (SSSR count). The van der Waals surface area contributed by atoms with Crippen LogP contribution in [-0.4, -0.2) is 51.1 Å². The third-order valence-corrected chi connectivity index (χ3v) is 5.90. The summed E-state index contributed by atoms with van der Waals surface area (Å²) in [6.45, 7) is 1.50. The highest BCUT2D eigenvalue weighted by Crippen LogP contribution is 2.25. The Labute approximate surface area is 154 Å². The van der Waals surface area contributed by atoms with Crippen LogP contribution in [0.5, 0.6) is 5.75 Å². The molecule has 1 N–H and O–H groups in total. The summed E-state index contributed by atoms with van der Waals surface area (Å²) >= 11 is 0. The molecule has 1 atom stereocenters. The topological polar surface area (TPSA) is 75.7 Å². The van der Waals surface area contributed by atoms with E-state index in [4.69, 9.17) is 4.74 Å². The summed E-state index contributed by atoms with van der Waals surface area (Å²) < 4.78 is 30.5. The van der Waals surface area contributed by atoms with Gasteiger partial charge in [-0.25, -0.2) is 12.7 Å². The number of amides is 1. The molecule has 0 aromatic heterocycles. The van der Waals surface area contributed by atoms with Crippen LogP contribution in [0.2, 0.25) is 0 Å². The number of hydrogen-bond acceptors (Lipinski definition) is 4. The summed E-state index contributed by atoms with van der Waals surface area (Å²) in [6, 6.07) is 13.9. The maximum Gasteiger partial charge on any atom is 0.224 e. The van der Waals surface area contributed by atoms with E-state index >= 15 is 0 Å². The SMILES string of the molecule is CS(=O)(=O)N1CCC[C@@H](C(=O)NCCOc2cccc3ccccc23)C1. The van der Waals surface area contributed by atoms with Crippen molar-refractivity contribution in [3.8, 4) is 5.75 Å². The summed E-state index contributed by atoms with van der Waals surface area (Å²) in [6.07, 6.45) is 2.60. The smallest absolute Gasteiger partial charge is 0.224 e. The van der Waals surface area contributed by atoms with Gasteiger partial charge in [-0.2, -0.15) is 0 Å².